The van der Waals surface area contributed by atoms with Gasteiger partial charge in [0.05, 0.1) is 6.54 Å². The summed E-state index contributed by atoms with van der Waals surface area (Å²) in [5.74, 6) is 0.836. The number of hydrogen-bond acceptors (Lipinski definition) is 3. The Hall–Kier alpha value is -1.33. The number of hydrogen-bond donors (Lipinski definition) is 0. The third-order valence-corrected chi connectivity index (χ3v) is 4.83. The fourth-order valence-corrected chi connectivity index (χ4v) is 3.61. The zero-order chi connectivity index (χ0) is 15.4. The lowest BCUT2D eigenvalue weighted by Crippen LogP contribution is -2.40. The highest BCUT2D eigenvalue weighted by atomic mass is 16.5. The van der Waals surface area contributed by atoms with E-state index in [2.05, 4.69) is 27.8 Å². The van der Waals surface area contributed by atoms with Crippen molar-refractivity contribution < 1.29 is 9.53 Å². The van der Waals surface area contributed by atoms with Gasteiger partial charge in [0.1, 0.15) is 0 Å². The average molecular weight is 305 g/mol. The van der Waals surface area contributed by atoms with Gasteiger partial charge in [-0.1, -0.05) is 0 Å². The van der Waals surface area contributed by atoms with Crippen LogP contribution in [0.3, 0.4) is 0 Å². The number of ether oxygens (including phenoxy) is 1. The van der Waals surface area contributed by atoms with Crippen LogP contribution in [0.2, 0.25) is 0 Å². The van der Waals surface area contributed by atoms with Crippen molar-refractivity contribution in [3.63, 3.8) is 0 Å². The Morgan fingerprint density at radius 2 is 2.14 bits per heavy atom. The molecule has 22 heavy (non-hydrogen) atoms. The van der Waals surface area contributed by atoms with Crippen LogP contribution < -0.4 is 0 Å². The largest absolute Gasteiger partial charge is 0.385 e. The highest BCUT2D eigenvalue weighted by Crippen LogP contribution is 2.20. The number of aromatic nitrogens is 1. The number of amides is 1. The Labute approximate surface area is 132 Å². The summed E-state index contributed by atoms with van der Waals surface area (Å²) in [6.07, 6.45) is 5.51. The van der Waals surface area contributed by atoms with Crippen LogP contribution in [0.1, 0.15) is 25.0 Å². The van der Waals surface area contributed by atoms with E-state index in [-0.39, 0.29) is 0 Å². The second-order valence-corrected chi connectivity index (χ2v) is 6.56. The summed E-state index contributed by atoms with van der Waals surface area (Å²) in [6.45, 7) is 6.09. The standard InChI is InChI=1S/C17H27N3O2/c1-22-10-6-15-11-18(13-16-5-4-9-20(16)12-15)14-17(21)19-7-2-3-8-19/h4-5,9,15H,2-3,6-8,10-14H2,1H3/t15-/m0/s1. The van der Waals surface area contributed by atoms with E-state index in [1.807, 2.05) is 4.90 Å². The van der Waals surface area contributed by atoms with Gasteiger partial charge in [-0.2, -0.15) is 0 Å². The van der Waals surface area contributed by atoms with Crippen LogP contribution in [0.4, 0.5) is 0 Å². The van der Waals surface area contributed by atoms with Crippen molar-refractivity contribution >= 4 is 5.91 Å². The van der Waals surface area contributed by atoms with E-state index in [9.17, 15) is 4.79 Å². The maximum atomic E-state index is 12.4. The molecule has 122 valence electrons. The molecule has 1 amide bonds. The van der Waals surface area contributed by atoms with Crippen LogP contribution in [0.5, 0.6) is 0 Å². The van der Waals surface area contributed by atoms with Crippen molar-refractivity contribution in [2.45, 2.75) is 32.4 Å². The van der Waals surface area contributed by atoms with Crippen LogP contribution in [-0.4, -0.2) is 60.2 Å². The van der Waals surface area contributed by atoms with Crippen molar-refractivity contribution in [1.82, 2.24) is 14.4 Å². The molecule has 0 radical (unpaired) electrons. The van der Waals surface area contributed by atoms with E-state index in [1.54, 1.807) is 7.11 Å². The lowest BCUT2D eigenvalue weighted by molar-refractivity contribution is -0.131. The minimum atomic E-state index is 0.294. The monoisotopic (exact) mass is 305 g/mol. The Morgan fingerprint density at radius 3 is 2.91 bits per heavy atom. The van der Waals surface area contributed by atoms with E-state index in [0.29, 0.717) is 18.4 Å². The first kappa shape index (κ1) is 15.6. The molecule has 1 saturated heterocycles. The third kappa shape index (κ3) is 3.70. The van der Waals surface area contributed by atoms with Crippen molar-refractivity contribution in [2.24, 2.45) is 5.92 Å². The minimum Gasteiger partial charge on any atom is -0.385 e. The molecule has 2 aliphatic heterocycles. The van der Waals surface area contributed by atoms with Crippen molar-refractivity contribution in [3.8, 4) is 0 Å². The molecule has 0 N–H and O–H groups in total. The normalized spacial score (nSPS) is 22.6. The quantitative estimate of drug-likeness (QED) is 0.829. The van der Waals surface area contributed by atoms with Gasteiger partial charge in [-0.3, -0.25) is 9.69 Å². The predicted octanol–water partition coefficient (Wildman–Crippen LogP) is 1.58. The maximum Gasteiger partial charge on any atom is 0.236 e. The fourth-order valence-electron chi connectivity index (χ4n) is 3.61. The number of likely N-dealkylation sites (tertiary alicyclic amines) is 1. The summed E-state index contributed by atoms with van der Waals surface area (Å²) in [6, 6.07) is 4.28. The molecule has 3 rings (SSSR count). The Kier molecular flexibility index (Phi) is 5.16. The summed E-state index contributed by atoms with van der Waals surface area (Å²) >= 11 is 0. The van der Waals surface area contributed by atoms with Crippen molar-refractivity contribution in [3.05, 3.63) is 24.0 Å². The molecule has 3 heterocycles. The number of rotatable bonds is 5. The van der Waals surface area contributed by atoms with Gasteiger partial charge >= 0.3 is 0 Å². The highest BCUT2D eigenvalue weighted by molar-refractivity contribution is 5.78. The third-order valence-electron chi connectivity index (χ3n) is 4.83. The summed E-state index contributed by atoms with van der Waals surface area (Å²) in [7, 11) is 1.76. The molecule has 1 fully saturated rings. The van der Waals surface area contributed by atoms with Gasteiger partial charge in [-0.15, -0.1) is 0 Å². The summed E-state index contributed by atoms with van der Waals surface area (Å²) in [4.78, 5) is 16.8. The molecule has 2 aliphatic rings. The molecule has 1 atom stereocenters. The van der Waals surface area contributed by atoms with Gasteiger partial charge in [0.15, 0.2) is 0 Å². The minimum absolute atomic E-state index is 0.294. The molecule has 1 aromatic heterocycles. The van der Waals surface area contributed by atoms with Crippen LogP contribution >= 0.6 is 0 Å². The zero-order valence-electron chi connectivity index (χ0n) is 13.5. The van der Waals surface area contributed by atoms with Crippen LogP contribution in [-0.2, 0) is 22.6 Å². The first-order valence-corrected chi connectivity index (χ1v) is 8.39. The second-order valence-electron chi connectivity index (χ2n) is 6.56. The fraction of sp³-hybridized carbons (Fsp3) is 0.706. The topological polar surface area (TPSA) is 37.7 Å². The Balaban J connectivity index is 1.65. The number of nitrogens with zero attached hydrogens (tertiary/aromatic N) is 3. The first-order valence-electron chi connectivity index (χ1n) is 8.39. The van der Waals surface area contributed by atoms with Gasteiger partial charge in [-0.25, -0.2) is 0 Å². The van der Waals surface area contributed by atoms with Crippen LogP contribution in [0.25, 0.3) is 0 Å². The van der Waals surface area contributed by atoms with E-state index in [1.165, 1.54) is 5.69 Å². The molecule has 0 bridgehead atoms. The van der Waals surface area contributed by atoms with Gasteiger partial charge in [-0.05, 0) is 37.3 Å². The number of carbonyl (C=O) groups excluding carboxylic acids is 1. The number of fused-ring (bicyclic) bond motifs is 1. The molecular formula is C17H27N3O2. The molecule has 0 saturated carbocycles. The molecule has 0 spiro atoms. The molecule has 0 aromatic carbocycles. The van der Waals surface area contributed by atoms with E-state index in [0.717, 1.165) is 58.6 Å². The highest BCUT2D eigenvalue weighted by Gasteiger charge is 2.25. The molecule has 1 aromatic rings. The molecule has 0 aliphatic carbocycles. The first-order chi connectivity index (χ1) is 10.8. The molecule has 5 heteroatoms. The van der Waals surface area contributed by atoms with Gasteiger partial charge < -0.3 is 14.2 Å². The lowest BCUT2D eigenvalue weighted by atomic mass is 10.1. The second kappa shape index (κ2) is 7.29. The lowest BCUT2D eigenvalue weighted by Gasteiger charge is -2.25. The number of methoxy groups -OCH3 is 1. The maximum absolute atomic E-state index is 12.4. The van der Waals surface area contributed by atoms with E-state index >= 15 is 0 Å². The zero-order valence-corrected chi connectivity index (χ0v) is 13.5. The summed E-state index contributed by atoms with van der Waals surface area (Å²) in [5, 5.41) is 0. The van der Waals surface area contributed by atoms with Crippen molar-refractivity contribution in [2.75, 3.05) is 39.9 Å². The van der Waals surface area contributed by atoms with Crippen LogP contribution in [0.15, 0.2) is 18.3 Å². The molecule has 5 nitrogen and oxygen atoms in total. The van der Waals surface area contributed by atoms with Gasteiger partial charge in [0, 0.05) is 58.3 Å². The van der Waals surface area contributed by atoms with E-state index < -0.39 is 0 Å². The Morgan fingerprint density at radius 1 is 1.32 bits per heavy atom. The van der Waals surface area contributed by atoms with Gasteiger partial charge in [0.2, 0.25) is 5.91 Å². The van der Waals surface area contributed by atoms with Gasteiger partial charge in [0.25, 0.3) is 0 Å². The smallest absolute Gasteiger partial charge is 0.236 e. The molecular weight excluding hydrogens is 278 g/mol. The van der Waals surface area contributed by atoms with E-state index in [4.69, 9.17) is 4.74 Å². The van der Waals surface area contributed by atoms with Crippen LogP contribution in [0, 0.1) is 5.92 Å². The van der Waals surface area contributed by atoms with Crippen molar-refractivity contribution in [1.29, 1.82) is 0 Å². The summed E-state index contributed by atoms with van der Waals surface area (Å²) < 4.78 is 7.58. The SMILES string of the molecule is COCC[C@H]1CN(CC(=O)N2CCCC2)Cc2cccn2C1. The average Bonchev–Trinajstić information content (AvgIpc) is 3.15. The summed E-state index contributed by atoms with van der Waals surface area (Å²) in [5.41, 5.74) is 1.31. The Bertz CT molecular complexity index is 494. The predicted molar refractivity (Wildman–Crippen MR) is 85.5 cm³/mol. The number of carbonyl (C=O) groups is 1. The molecule has 0 unspecified atom stereocenters.